The zero-order valence-electron chi connectivity index (χ0n) is 9.41. The summed E-state index contributed by atoms with van der Waals surface area (Å²) in [7, 11) is 0. The summed E-state index contributed by atoms with van der Waals surface area (Å²) < 4.78 is 0. The van der Waals surface area contributed by atoms with Gasteiger partial charge in [-0.2, -0.15) is 0 Å². The molecule has 0 fully saturated rings. The topological polar surface area (TPSA) is 0 Å². The molecule has 0 N–H and O–H groups in total. The maximum absolute atomic E-state index is 0. The fourth-order valence-corrected chi connectivity index (χ4v) is 0. The van der Waals surface area contributed by atoms with Gasteiger partial charge in [-0.25, -0.2) is 0 Å². The van der Waals surface area contributed by atoms with Crippen molar-refractivity contribution in [2.24, 2.45) is 0 Å². The molecule has 0 aliphatic rings. The zero-order chi connectivity index (χ0) is 0. The molecule has 0 nitrogen and oxygen atoms in total. The van der Waals surface area contributed by atoms with Crippen molar-refractivity contribution in [3.05, 3.63) is 0 Å². The molecule has 0 amide bonds. The van der Waals surface area contributed by atoms with E-state index >= 15 is 0 Å². The van der Waals surface area contributed by atoms with E-state index in [-0.39, 0.29) is 148 Å². The van der Waals surface area contributed by atoms with Gasteiger partial charge >= 0.3 is 139 Å². The van der Waals surface area contributed by atoms with Crippen molar-refractivity contribution < 1.29 is 57.0 Å². The van der Waals surface area contributed by atoms with E-state index in [1.807, 2.05) is 0 Å². The van der Waals surface area contributed by atoms with Crippen LogP contribution in [0.1, 0.15) is 8.56 Å². The molecule has 0 saturated carbocycles. The first-order valence-electron chi connectivity index (χ1n) is 0. The molecule has 0 atom stereocenters. The molecule has 12 valence electrons. The quantitative estimate of drug-likeness (QED) is 0.350. The smallest absolute Gasteiger partial charge is 1.00 e. The van der Waals surface area contributed by atoms with Gasteiger partial charge in [-0.15, -0.1) is 0 Å². The number of hydrogen-bond acceptors (Lipinski definition) is 0. The summed E-state index contributed by atoms with van der Waals surface area (Å²) in [4.78, 5) is 0. The van der Waals surface area contributed by atoms with E-state index < -0.39 is 0 Å². The number of hydrogen-bond donors (Lipinski definition) is 0. The van der Waals surface area contributed by atoms with E-state index in [2.05, 4.69) is 0 Å². The average molecular weight is 211 g/mol. The standard InChI is InChI=1S/Li.Na.2Sr.6H/q2*+1;2*+2;6*-1. The molecule has 0 bridgehead atoms. The van der Waals surface area contributed by atoms with Crippen LogP contribution >= 0.6 is 0 Å². The first kappa shape index (κ1) is 23.5. The van der Waals surface area contributed by atoms with Crippen LogP contribution in [-0.2, 0) is 0 Å². The summed E-state index contributed by atoms with van der Waals surface area (Å²) in [5.74, 6) is 0. The predicted molar refractivity (Wildman–Crippen MR) is 18.2 cm³/mol. The normalized spacial score (nSPS) is 0. The fraction of sp³-hybridized carbons (Fsp3) is 0. The van der Waals surface area contributed by atoms with Crippen molar-refractivity contribution in [2.45, 2.75) is 0 Å². The van der Waals surface area contributed by atoms with Gasteiger partial charge in [0.05, 0.1) is 0 Å². The Bertz CT molecular complexity index is 15.7. The molecule has 0 spiro atoms. The molecule has 0 aliphatic heterocycles. The Morgan fingerprint density at radius 3 is 1.00 bits per heavy atom. The van der Waals surface area contributed by atoms with Gasteiger partial charge in [0.15, 0.2) is 0 Å². The molecule has 0 heterocycles. The van der Waals surface area contributed by atoms with Gasteiger partial charge in [0.2, 0.25) is 0 Å². The van der Waals surface area contributed by atoms with Crippen molar-refractivity contribution in [3.63, 3.8) is 0 Å². The van der Waals surface area contributed by atoms with Crippen LogP contribution in [0.4, 0.5) is 0 Å². The molecule has 0 unspecified atom stereocenters. The minimum absolute atomic E-state index is 0. The van der Waals surface area contributed by atoms with Crippen LogP contribution < -0.4 is 48.4 Å². The molecule has 0 aromatic rings. The Kier molecular flexibility index (Phi) is 92.0. The van der Waals surface area contributed by atoms with Crippen molar-refractivity contribution in [1.82, 2.24) is 0 Å². The molecule has 0 aromatic heterocycles. The van der Waals surface area contributed by atoms with Crippen molar-refractivity contribution in [1.29, 1.82) is 0 Å². The van der Waals surface area contributed by atoms with Gasteiger partial charge in [0.25, 0.3) is 0 Å². The SMILES string of the molecule is [H-].[H-].[H-].[H-].[H-].[H-].[Li+].[Na+].[Sr+2].[Sr+2]. The maximum Gasteiger partial charge on any atom is 2.00 e. The van der Waals surface area contributed by atoms with Gasteiger partial charge in [-0.05, 0) is 0 Å². The summed E-state index contributed by atoms with van der Waals surface area (Å²) in [6.07, 6.45) is 0. The molecule has 0 aromatic carbocycles. The summed E-state index contributed by atoms with van der Waals surface area (Å²) in [5, 5.41) is 0. The second-order valence-electron chi connectivity index (χ2n) is 0. The zero-order valence-corrected chi connectivity index (χ0v) is 12.4. The summed E-state index contributed by atoms with van der Waals surface area (Å²) in [6.45, 7) is 0. The van der Waals surface area contributed by atoms with Crippen LogP contribution in [0.3, 0.4) is 0 Å². The van der Waals surface area contributed by atoms with Gasteiger partial charge in [0, 0.05) is 0 Å². The molecular formula is H6LiNaSr2. The Morgan fingerprint density at radius 1 is 1.00 bits per heavy atom. The van der Waals surface area contributed by atoms with Crippen molar-refractivity contribution in [2.75, 3.05) is 0 Å². The summed E-state index contributed by atoms with van der Waals surface area (Å²) >= 11 is 0. The molecule has 4 heavy (non-hydrogen) atoms. The summed E-state index contributed by atoms with van der Waals surface area (Å²) in [6, 6.07) is 0. The Morgan fingerprint density at radius 2 is 1.00 bits per heavy atom. The van der Waals surface area contributed by atoms with Crippen LogP contribution in [0.5, 0.6) is 0 Å². The monoisotopic (exact) mass is 212 g/mol. The van der Waals surface area contributed by atoms with Gasteiger partial charge in [-0.3, -0.25) is 0 Å². The third-order valence-electron chi connectivity index (χ3n) is 0. The fourth-order valence-electron chi connectivity index (χ4n) is 0. The maximum atomic E-state index is 0. The van der Waals surface area contributed by atoms with Crippen LogP contribution in [0, 0.1) is 0 Å². The van der Waals surface area contributed by atoms with Crippen LogP contribution in [0.15, 0.2) is 0 Å². The molecule has 4 heteroatoms. The third kappa shape index (κ3) is 9.75. The Hall–Kier alpha value is 4.56. The first-order valence-corrected chi connectivity index (χ1v) is 0. The van der Waals surface area contributed by atoms with E-state index in [1.165, 1.54) is 0 Å². The molecular weight excluding hydrogens is 205 g/mol. The van der Waals surface area contributed by atoms with Gasteiger partial charge < -0.3 is 8.56 Å². The minimum atomic E-state index is 0. The Labute approximate surface area is 144 Å². The van der Waals surface area contributed by atoms with E-state index in [1.54, 1.807) is 0 Å². The van der Waals surface area contributed by atoms with E-state index in [0.29, 0.717) is 0 Å². The van der Waals surface area contributed by atoms with Gasteiger partial charge in [0.1, 0.15) is 0 Å². The summed E-state index contributed by atoms with van der Waals surface area (Å²) in [5.41, 5.74) is 0. The van der Waals surface area contributed by atoms with Crippen molar-refractivity contribution in [3.8, 4) is 0 Å². The van der Waals surface area contributed by atoms with Crippen LogP contribution in [-0.4, -0.2) is 91.0 Å². The number of rotatable bonds is 0. The minimum Gasteiger partial charge on any atom is -1.00 e. The molecule has 0 radical (unpaired) electrons. The van der Waals surface area contributed by atoms with Crippen LogP contribution in [0.2, 0.25) is 0 Å². The molecule has 0 aliphatic carbocycles. The van der Waals surface area contributed by atoms with Gasteiger partial charge in [-0.1, -0.05) is 0 Å². The third-order valence-corrected chi connectivity index (χ3v) is 0. The molecule has 0 saturated heterocycles. The van der Waals surface area contributed by atoms with E-state index in [9.17, 15) is 0 Å². The first-order chi connectivity index (χ1) is 0. The van der Waals surface area contributed by atoms with E-state index in [0.717, 1.165) is 0 Å². The predicted octanol–water partition coefficient (Wildman–Crippen LogP) is -6.08. The second-order valence-corrected chi connectivity index (χ2v) is 0. The second kappa shape index (κ2) is 15.6. The Balaban J connectivity index is 0. The van der Waals surface area contributed by atoms with E-state index in [4.69, 9.17) is 0 Å². The molecule has 0 rings (SSSR count). The van der Waals surface area contributed by atoms with Crippen molar-refractivity contribution >= 4 is 91.0 Å². The largest absolute Gasteiger partial charge is 2.00 e. The van der Waals surface area contributed by atoms with Crippen LogP contribution in [0.25, 0.3) is 0 Å². The average Bonchev–Trinajstić information content (AvgIpc) is 0.